The van der Waals surface area contributed by atoms with Gasteiger partial charge in [0.05, 0.1) is 5.75 Å². The zero-order chi connectivity index (χ0) is 18.0. The standard InChI is InChI=1S/C17H29N3O3S/c1-4-6-7-8-9-14(3)18-17(21)19-15-10-12-16(13-11-15)20-24(22,23)5-2/h10-14,20H,4-9H2,1-3H3,(H2,18,19,21). The van der Waals surface area contributed by atoms with Crippen molar-refractivity contribution in [2.24, 2.45) is 0 Å². The summed E-state index contributed by atoms with van der Waals surface area (Å²) in [4.78, 5) is 11.9. The molecule has 0 aromatic heterocycles. The first-order chi connectivity index (χ1) is 11.4. The van der Waals surface area contributed by atoms with Gasteiger partial charge in [0.25, 0.3) is 0 Å². The average molecular weight is 356 g/mol. The average Bonchev–Trinajstić information content (AvgIpc) is 2.53. The second-order valence-corrected chi connectivity index (χ2v) is 7.94. The largest absolute Gasteiger partial charge is 0.335 e. The number of benzene rings is 1. The fourth-order valence-corrected chi connectivity index (χ4v) is 2.85. The van der Waals surface area contributed by atoms with E-state index in [9.17, 15) is 13.2 Å². The Hall–Kier alpha value is -1.76. The minimum Gasteiger partial charge on any atom is -0.335 e. The molecule has 0 aliphatic carbocycles. The Kier molecular flexibility index (Phi) is 8.60. The van der Waals surface area contributed by atoms with Crippen LogP contribution < -0.4 is 15.4 Å². The van der Waals surface area contributed by atoms with Crippen LogP contribution in [0, 0.1) is 0 Å². The van der Waals surface area contributed by atoms with Crippen LogP contribution in [0.3, 0.4) is 0 Å². The lowest BCUT2D eigenvalue weighted by Gasteiger charge is -2.15. The first-order valence-electron chi connectivity index (χ1n) is 8.54. The smallest absolute Gasteiger partial charge is 0.319 e. The topological polar surface area (TPSA) is 87.3 Å². The van der Waals surface area contributed by atoms with Crippen LogP contribution in [0.1, 0.15) is 52.9 Å². The number of hydrogen-bond donors (Lipinski definition) is 3. The molecule has 6 nitrogen and oxygen atoms in total. The number of amides is 2. The molecule has 0 spiro atoms. The molecule has 1 unspecified atom stereocenters. The fourth-order valence-electron chi connectivity index (χ4n) is 2.21. The Bertz CT molecular complexity index is 600. The number of carbonyl (C=O) groups is 1. The van der Waals surface area contributed by atoms with E-state index >= 15 is 0 Å². The summed E-state index contributed by atoms with van der Waals surface area (Å²) < 4.78 is 25.4. The van der Waals surface area contributed by atoms with Gasteiger partial charge in [0.2, 0.25) is 10.0 Å². The Balaban J connectivity index is 2.41. The van der Waals surface area contributed by atoms with Crippen LogP contribution in [0.15, 0.2) is 24.3 Å². The molecule has 2 amide bonds. The number of sulfonamides is 1. The quantitative estimate of drug-likeness (QED) is 0.556. The maximum absolute atomic E-state index is 11.9. The molecule has 0 fully saturated rings. The molecule has 7 heteroatoms. The van der Waals surface area contributed by atoms with Crippen LogP contribution in [-0.4, -0.2) is 26.2 Å². The molecule has 0 radical (unpaired) electrons. The Labute approximate surface area is 145 Å². The summed E-state index contributed by atoms with van der Waals surface area (Å²) in [7, 11) is -3.29. The van der Waals surface area contributed by atoms with Crippen LogP contribution in [0.2, 0.25) is 0 Å². The molecule has 0 aliphatic rings. The molecule has 1 rings (SSSR count). The first-order valence-corrected chi connectivity index (χ1v) is 10.2. The van der Waals surface area contributed by atoms with Gasteiger partial charge in [0, 0.05) is 17.4 Å². The van der Waals surface area contributed by atoms with Crippen molar-refractivity contribution >= 4 is 27.4 Å². The molecule has 0 bridgehead atoms. The van der Waals surface area contributed by atoms with Crippen LogP contribution in [0.25, 0.3) is 0 Å². The molecular weight excluding hydrogens is 326 g/mol. The highest BCUT2D eigenvalue weighted by atomic mass is 32.2. The van der Waals surface area contributed by atoms with Gasteiger partial charge in [-0.3, -0.25) is 4.72 Å². The maximum atomic E-state index is 11.9. The SMILES string of the molecule is CCCCCCC(C)NC(=O)Nc1ccc(NS(=O)(=O)CC)cc1. The predicted octanol–water partition coefficient (Wildman–Crippen LogP) is 3.93. The summed E-state index contributed by atoms with van der Waals surface area (Å²) in [5.41, 5.74) is 1.09. The van der Waals surface area contributed by atoms with Crippen LogP contribution >= 0.6 is 0 Å². The van der Waals surface area contributed by atoms with Gasteiger partial charge in [-0.05, 0) is 44.5 Å². The number of unbranched alkanes of at least 4 members (excludes halogenated alkanes) is 3. The van der Waals surface area contributed by atoms with Crippen LogP contribution in [-0.2, 0) is 10.0 Å². The van der Waals surface area contributed by atoms with Crippen LogP contribution in [0.4, 0.5) is 16.2 Å². The van der Waals surface area contributed by atoms with Crippen molar-refractivity contribution in [2.75, 3.05) is 15.8 Å². The lowest BCUT2D eigenvalue weighted by molar-refractivity contribution is 0.248. The van der Waals surface area contributed by atoms with Gasteiger partial charge < -0.3 is 10.6 Å². The number of urea groups is 1. The molecule has 136 valence electrons. The van der Waals surface area contributed by atoms with Crippen LogP contribution in [0.5, 0.6) is 0 Å². The van der Waals surface area contributed by atoms with Gasteiger partial charge in [-0.1, -0.05) is 32.6 Å². The van der Waals surface area contributed by atoms with Gasteiger partial charge in [0.15, 0.2) is 0 Å². The summed E-state index contributed by atoms with van der Waals surface area (Å²) in [6.07, 6.45) is 5.70. The molecule has 24 heavy (non-hydrogen) atoms. The Morgan fingerprint density at radius 1 is 1.04 bits per heavy atom. The van der Waals surface area contributed by atoms with Crippen molar-refractivity contribution in [3.8, 4) is 0 Å². The Morgan fingerprint density at radius 2 is 1.67 bits per heavy atom. The molecular formula is C17H29N3O3S. The highest BCUT2D eigenvalue weighted by Gasteiger charge is 2.09. The number of carbonyl (C=O) groups excluding carboxylic acids is 1. The summed E-state index contributed by atoms with van der Waals surface area (Å²) in [5, 5.41) is 5.66. The monoisotopic (exact) mass is 355 g/mol. The molecule has 1 aromatic carbocycles. The normalized spacial score (nSPS) is 12.5. The zero-order valence-corrected chi connectivity index (χ0v) is 15.6. The van der Waals surface area contributed by atoms with E-state index in [4.69, 9.17) is 0 Å². The van der Waals surface area contributed by atoms with Crippen molar-refractivity contribution in [1.82, 2.24) is 5.32 Å². The van der Waals surface area contributed by atoms with Crippen molar-refractivity contribution < 1.29 is 13.2 Å². The predicted molar refractivity (Wildman–Crippen MR) is 99.9 cm³/mol. The third kappa shape index (κ3) is 8.19. The minimum atomic E-state index is -3.29. The molecule has 3 N–H and O–H groups in total. The van der Waals surface area contributed by atoms with E-state index in [2.05, 4.69) is 22.3 Å². The van der Waals surface area contributed by atoms with Crippen molar-refractivity contribution in [1.29, 1.82) is 0 Å². The van der Waals surface area contributed by atoms with E-state index < -0.39 is 10.0 Å². The molecule has 0 heterocycles. The number of anilines is 2. The molecule has 0 saturated carbocycles. The van der Waals surface area contributed by atoms with Crippen molar-refractivity contribution in [3.05, 3.63) is 24.3 Å². The third-order valence-corrected chi connectivity index (χ3v) is 4.97. The second kappa shape index (κ2) is 10.2. The lowest BCUT2D eigenvalue weighted by Crippen LogP contribution is -2.36. The van der Waals surface area contributed by atoms with Gasteiger partial charge in [-0.25, -0.2) is 13.2 Å². The van der Waals surface area contributed by atoms with Crippen molar-refractivity contribution in [3.63, 3.8) is 0 Å². The van der Waals surface area contributed by atoms with E-state index in [0.717, 1.165) is 12.8 Å². The minimum absolute atomic E-state index is 0.0194. The summed E-state index contributed by atoms with van der Waals surface area (Å²) >= 11 is 0. The summed E-state index contributed by atoms with van der Waals surface area (Å²) in [6, 6.07) is 6.45. The second-order valence-electron chi connectivity index (χ2n) is 5.93. The molecule has 0 saturated heterocycles. The Morgan fingerprint density at radius 3 is 2.25 bits per heavy atom. The van der Waals surface area contributed by atoms with Gasteiger partial charge in [-0.2, -0.15) is 0 Å². The summed E-state index contributed by atoms with van der Waals surface area (Å²) in [5.74, 6) is 0.0194. The highest BCUT2D eigenvalue weighted by molar-refractivity contribution is 7.92. The van der Waals surface area contributed by atoms with E-state index in [-0.39, 0.29) is 17.8 Å². The van der Waals surface area contributed by atoms with E-state index in [0.29, 0.717) is 11.4 Å². The van der Waals surface area contributed by atoms with Gasteiger partial charge in [0.1, 0.15) is 0 Å². The van der Waals surface area contributed by atoms with Gasteiger partial charge >= 0.3 is 6.03 Å². The van der Waals surface area contributed by atoms with E-state index in [1.807, 2.05) is 6.92 Å². The third-order valence-electron chi connectivity index (χ3n) is 3.66. The molecule has 0 aliphatic heterocycles. The van der Waals surface area contributed by atoms with Crippen molar-refractivity contribution in [2.45, 2.75) is 58.9 Å². The lowest BCUT2D eigenvalue weighted by atomic mass is 10.1. The number of rotatable bonds is 10. The van der Waals surface area contributed by atoms with Gasteiger partial charge in [-0.15, -0.1) is 0 Å². The van der Waals surface area contributed by atoms with E-state index in [1.54, 1.807) is 31.2 Å². The number of hydrogen-bond acceptors (Lipinski definition) is 3. The maximum Gasteiger partial charge on any atom is 0.319 e. The number of nitrogens with one attached hydrogen (secondary N) is 3. The zero-order valence-electron chi connectivity index (χ0n) is 14.8. The highest BCUT2D eigenvalue weighted by Crippen LogP contribution is 2.15. The van der Waals surface area contributed by atoms with E-state index in [1.165, 1.54) is 19.3 Å². The first kappa shape index (κ1) is 20.3. The fraction of sp³-hybridized carbons (Fsp3) is 0.588. The molecule has 1 aromatic rings. The molecule has 1 atom stereocenters. The summed E-state index contributed by atoms with van der Waals surface area (Å²) in [6.45, 7) is 5.74.